The first kappa shape index (κ1) is 16.3. The van der Waals surface area contributed by atoms with Crippen LogP contribution in [0.3, 0.4) is 0 Å². The molecule has 3 aromatic rings. The fourth-order valence-corrected chi connectivity index (χ4v) is 3.31. The van der Waals surface area contributed by atoms with Crippen LogP contribution in [0.4, 0.5) is 0 Å². The fourth-order valence-electron chi connectivity index (χ4n) is 3.31. The summed E-state index contributed by atoms with van der Waals surface area (Å²) >= 11 is 0. The molecule has 0 saturated heterocycles. The van der Waals surface area contributed by atoms with Crippen molar-refractivity contribution in [3.8, 4) is 11.3 Å². The average Bonchev–Trinajstić information content (AvgIpc) is 3.13. The predicted octanol–water partition coefficient (Wildman–Crippen LogP) is 3.50. The first-order valence-corrected chi connectivity index (χ1v) is 8.84. The van der Waals surface area contributed by atoms with E-state index in [4.69, 9.17) is 0 Å². The lowest BCUT2D eigenvalue weighted by Crippen LogP contribution is -2.20. The van der Waals surface area contributed by atoms with E-state index >= 15 is 0 Å². The van der Waals surface area contributed by atoms with Gasteiger partial charge in [0.1, 0.15) is 5.69 Å². The molecular formula is C21H20N4O. The van der Waals surface area contributed by atoms with Gasteiger partial charge in [0.05, 0.1) is 11.9 Å². The van der Waals surface area contributed by atoms with Crippen molar-refractivity contribution in [3.05, 3.63) is 76.5 Å². The summed E-state index contributed by atoms with van der Waals surface area (Å²) in [5, 5.41) is 11.3. The van der Waals surface area contributed by atoms with Gasteiger partial charge in [-0.15, -0.1) is 0 Å². The van der Waals surface area contributed by atoms with E-state index in [9.17, 15) is 4.79 Å². The molecule has 1 aliphatic rings. The third-order valence-electron chi connectivity index (χ3n) is 4.78. The first-order valence-electron chi connectivity index (χ1n) is 8.84. The monoisotopic (exact) mass is 344 g/mol. The lowest BCUT2D eigenvalue weighted by molar-refractivity contribution is 0.0949. The zero-order valence-corrected chi connectivity index (χ0v) is 14.6. The summed E-state index contributed by atoms with van der Waals surface area (Å²) in [5.41, 5.74) is 9.51. The van der Waals surface area contributed by atoms with Gasteiger partial charge < -0.3 is 0 Å². The van der Waals surface area contributed by atoms with Crippen LogP contribution in [0.1, 0.15) is 39.7 Å². The van der Waals surface area contributed by atoms with E-state index in [1.165, 1.54) is 11.1 Å². The molecule has 0 saturated carbocycles. The van der Waals surface area contributed by atoms with Gasteiger partial charge in [-0.3, -0.25) is 9.89 Å². The average molecular weight is 344 g/mol. The Kier molecular flexibility index (Phi) is 4.35. The van der Waals surface area contributed by atoms with Crippen LogP contribution in [0.5, 0.6) is 0 Å². The van der Waals surface area contributed by atoms with Gasteiger partial charge in [0, 0.05) is 11.1 Å². The van der Waals surface area contributed by atoms with E-state index in [1.807, 2.05) is 30.3 Å². The Morgan fingerprint density at radius 1 is 1.19 bits per heavy atom. The summed E-state index contributed by atoms with van der Waals surface area (Å²) < 4.78 is 0. The van der Waals surface area contributed by atoms with Gasteiger partial charge in [0.15, 0.2) is 0 Å². The Labute approximate surface area is 152 Å². The smallest absolute Gasteiger partial charge is 0.272 e. The van der Waals surface area contributed by atoms with Gasteiger partial charge in [-0.1, -0.05) is 55.5 Å². The summed E-state index contributed by atoms with van der Waals surface area (Å²) in [7, 11) is 0. The molecule has 1 amide bonds. The second-order valence-corrected chi connectivity index (χ2v) is 6.38. The van der Waals surface area contributed by atoms with Crippen molar-refractivity contribution in [2.45, 2.75) is 26.2 Å². The van der Waals surface area contributed by atoms with Crippen molar-refractivity contribution in [2.75, 3.05) is 0 Å². The van der Waals surface area contributed by atoms with E-state index < -0.39 is 0 Å². The molecule has 4 rings (SSSR count). The van der Waals surface area contributed by atoms with Crippen LogP contribution in [-0.2, 0) is 19.3 Å². The van der Waals surface area contributed by atoms with Gasteiger partial charge in [-0.05, 0) is 36.0 Å². The number of hydrogen-bond donors (Lipinski definition) is 2. The van der Waals surface area contributed by atoms with Crippen molar-refractivity contribution in [2.24, 2.45) is 5.10 Å². The highest BCUT2D eigenvalue weighted by Crippen LogP contribution is 2.33. The third kappa shape index (κ3) is 3.04. The van der Waals surface area contributed by atoms with Gasteiger partial charge >= 0.3 is 0 Å². The van der Waals surface area contributed by atoms with Gasteiger partial charge in [-0.2, -0.15) is 10.2 Å². The van der Waals surface area contributed by atoms with E-state index in [2.05, 4.69) is 45.8 Å². The number of rotatable bonds is 4. The molecule has 2 aromatic carbocycles. The van der Waals surface area contributed by atoms with Crippen LogP contribution in [0.15, 0.2) is 53.6 Å². The molecule has 2 N–H and O–H groups in total. The van der Waals surface area contributed by atoms with Crippen molar-refractivity contribution in [1.29, 1.82) is 0 Å². The molecular weight excluding hydrogens is 324 g/mol. The normalized spacial score (nSPS) is 12.7. The highest BCUT2D eigenvalue weighted by atomic mass is 16.2. The molecule has 0 aliphatic heterocycles. The molecule has 5 heteroatoms. The number of amides is 1. The second kappa shape index (κ2) is 6.96. The number of aromatic amines is 1. The number of carbonyl (C=O) groups is 1. The topological polar surface area (TPSA) is 70.1 Å². The first-order chi connectivity index (χ1) is 12.8. The summed E-state index contributed by atoms with van der Waals surface area (Å²) in [4.78, 5) is 12.5. The van der Waals surface area contributed by atoms with E-state index in [0.29, 0.717) is 5.69 Å². The minimum absolute atomic E-state index is 0.264. The van der Waals surface area contributed by atoms with Crippen LogP contribution >= 0.6 is 0 Å². The van der Waals surface area contributed by atoms with Gasteiger partial charge in [-0.25, -0.2) is 5.43 Å². The molecule has 0 atom stereocenters. The van der Waals surface area contributed by atoms with E-state index in [1.54, 1.807) is 6.21 Å². The zero-order valence-electron chi connectivity index (χ0n) is 14.6. The molecule has 5 nitrogen and oxygen atoms in total. The zero-order chi connectivity index (χ0) is 17.9. The SMILES string of the molecule is CCc1ccc(/C=N\NC(=O)c2[nH]nc3c2CCc2ccccc2-3)cc1. The molecule has 26 heavy (non-hydrogen) atoms. The number of fused-ring (bicyclic) bond motifs is 3. The maximum atomic E-state index is 12.5. The maximum Gasteiger partial charge on any atom is 0.289 e. The summed E-state index contributed by atoms with van der Waals surface area (Å²) in [6, 6.07) is 16.3. The Bertz CT molecular complexity index is 970. The van der Waals surface area contributed by atoms with Crippen LogP contribution in [-0.4, -0.2) is 22.3 Å². The second-order valence-electron chi connectivity index (χ2n) is 6.38. The molecule has 0 fully saturated rings. The molecule has 1 aliphatic carbocycles. The summed E-state index contributed by atoms with van der Waals surface area (Å²) in [6.07, 6.45) is 4.36. The lowest BCUT2D eigenvalue weighted by Gasteiger charge is -2.15. The minimum atomic E-state index is -0.264. The lowest BCUT2D eigenvalue weighted by atomic mass is 9.89. The standard InChI is InChI=1S/C21H20N4O/c1-2-14-7-9-15(10-8-14)13-22-25-21(26)20-18-12-11-16-5-3-4-6-17(16)19(18)23-24-20/h3-10,13H,2,11-12H2,1H3,(H,23,24)(H,25,26)/b22-13-. The molecule has 0 bridgehead atoms. The molecule has 1 heterocycles. The van der Waals surface area contributed by atoms with Crippen LogP contribution in [0.2, 0.25) is 0 Å². The summed E-state index contributed by atoms with van der Waals surface area (Å²) in [5.74, 6) is -0.264. The summed E-state index contributed by atoms with van der Waals surface area (Å²) in [6.45, 7) is 2.12. The Hall–Kier alpha value is -3.21. The Balaban J connectivity index is 1.50. The largest absolute Gasteiger partial charge is 0.289 e. The Morgan fingerprint density at radius 2 is 2.00 bits per heavy atom. The third-order valence-corrected chi connectivity index (χ3v) is 4.78. The predicted molar refractivity (Wildman–Crippen MR) is 102 cm³/mol. The molecule has 1 aromatic heterocycles. The number of carbonyl (C=O) groups excluding carboxylic acids is 1. The van der Waals surface area contributed by atoms with Crippen molar-refractivity contribution in [1.82, 2.24) is 15.6 Å². The maximum absolute atomic E-state index is 12.5. The van der Waals surface area contributed by atoms with Crippen molar-refractivity contribution < 1.29 is 4.79 Å². The van der Waals surface area contributed by atoms with Crippen LogP contribution in [0.25, 0.3) is 11.3 Å². The van der Waals surface area contributed by atoms with Crippen LogP contribution < -0.4 is 5.43 Å². The molecule has 0 unspecified atom stereocenters. The number of hydrazone groups is 1. The van der Waals surface area contributed by atoms with Gasteiger partial charge in [0.2, 0.25) is 0 Å². The van der Waals surface area contributed by atoms with E-state index in [0.717, 1.165) is 41.6 Å². The van der Waals surface area contributed by atoms with Gasteiger partial charge in [0.25, 0.3) is 5.91 Å². The number of H-pyrrole nitrogens is 1. The minimum Gasteiger partial charge on any atom is -0.272 e. The van der Waals surface area contributed by atoms with Crippen molar-refractivity contribution in [3.63, 3.8) is 0 Å². The number of aromatic nitrogens is 2. The van der Waals surface area contributed by atoms with Crippen LogP contribution in [0, 0.1) is 0 Å². The highest BCUT2D eigenvalue weighted by molar-refractivity contribution is 5.96. The molecule has 0 radical (unpaired) electrons. The van der Waals surface area contributed by atoms with E-state index in [-0.39, 0.29) is 5.91 Å². The Morgan fingerprint density at radius 3 is 2.81 bits per heavy atom. The molecule has 130 valence electrons. The quantitative estimate of drug-likeness (QED) is 0.562. The number of nitrogens with one attached hydrogen (secondary N) is 2. The number of nitrogens with zero attached hydrogens (tertiary/aromatic N) is 2. The number of hydrogen-bond acceptors (Lipinski definition) is 3. The molecule has 0 spiro atoms. The van der Waals surface area contributed by atoms with Crippen molar-refractivity contribution >= 4 is 12.1 Å². The number of benzene rings is 2. The fraction of sp³-hybridized carbons (Fsp3) is 0.190. The highest BCUT2D eigenvalue weighted by Gasteiger charge is 2.24. The number of aryl methyl sites for hydroxylation is 2.